The summed E-state index contributed by atoms with van der Waals surface area (Å²) in [7, 11) is 0. The first-order chi connectivity index (χ1) is 11.7. The number of oxazole rings is 1. The molecule has 1 aliphatic rings. The Morgan fingerprint density at radius 3 is 2.79 bits per heavy atom. The van der Waals surface area contributed by atoms with Gasteiger partial charge in [-0.05, 0) is 23.3 Å². The third-order valence-corrected chi connectivity index (χ3v) is 4.08. The highest BCUT2D eigenvalue weighted by molar-refractivity contribution is 5.81. The van der Waals surface area contributed by atoms with Crippen molar-refractivity contribution in [2.45, 2.75) is 6.17 Å². The van der Waals surface area contributed by atoms with Crippen LogP contribution in [0.3, 0.4) is 0 Å². The van der Waals surface area contributed by atoms with E-state index in [2.05, 4.69) is 4.98 Å². The number of hydrogen-bond acceptors (Lipinski definition) is 6. The van der Waals surface area contributed by atoms with Gasteiger partial charge in [0.1, 0.15) is 12.1 Å². The lowest BCUT2D eigenvalue weighted by molar-refractivity contribution is -0.529. The summed E-state index contributed by atoms with van der Waals surface area (Å²) in [6.45, 7) is 0.823. The second-order valence-corrected chi connectivity index (χ2v) is 5.58. The molecule has 4 rings (SSSR count). The van der Waals surface area contributed by atoms with Gasteiger partial charge in [-0.3, -0.25) is 15.0 Å². The number of ether oxygens (including phenoxy) is 1. The number of anilines is 1. The van der Waals surface area contributed by atoms with E-state index in [0.29, 0.717) is 24.3 Å². The highest BCUT2D eigenvalue weighted by Gasteiger charge is 2.35. The SMILES string of the molecule is O=[N+]([O-])C1COCCN1c1nc2cc(-c3ccccc3)ccc2o1. The molecule has 0 radical (unpaired) electrons. The Kier molecular flexibility index (Phi) is 3.62. The van der Waals surface area contributed by atoms with E-state index in [9.17, 15) is 10.1 Å². The fraction of sp³-hybridized carbons (Fsp3) is 0.235. The largest absolute Gasteiger partial charge is 0.423 e. The summed E-state index contributed by atoms with van der Waals surface area (Å²) >= 11 is 0. The van der Waals surface area contributed by atoms with Crippen LogP contribution in [0.5, 0.6) is 0 Å². The number of morpholine rings is 1. The molecule has 0 saturated carbocycles. The summed E-state index contributed by atoms with van der Waals surface area (Å²) in [5, 5.41) is 11.2. The van der Waals surface area contributed by atoms with Crippen molar-refractivity contribution in [2.24, 2.45) is 0 Å². The van der Waals surface area contributed by atoms with Gasteiger partial charge >= 0.3 is 12.2 Å². The van der Waals surface area contributed by atoms with Crippen LogP contribution < -0.4 is 4.90 Å². The second-order valence-electron chi connectivity index (χ2n) is 5.58. The molecule has 1 fully saturated rings. The number of nitrogens with zero attached hydrogens (tertiary/aromatic N) is 3. The molecule has 1 aliphatic heterocycles. The van der Waals surface area contributed by atoms with Crippen molar-refractivity contribution in [3.8, 4) is 11.1 Å². The molecule has 24 heavy (non-hydrogen) atoms. The summed E-state index contributed by atoms with van der Waals surface area (Å²) in [5.74, 6) is 0. The quantitative estimate of drug-likeness (QED) is 0.544. The molecule has 0 aliphatic carbocycles. The van der Waals surface area contributed by atoms with E-state index in [1.807, 2.05) is 48.5 Å². The third kappa shape index (κ3) is 2.59. The highest BCUT2D eigenvalue weighted by Crippen LogP contribution is 2.28. The summed E-state index contributed by atoms with van der Waals surface area (Å²) in [6, 6.07) is 15.9. The summed E-state index contributed by atoms with van der Waals surface area (Å²) < 4.78 is 10.9. The molecular formula is C17H15N3O4. The van der Waals surface area contributed by atoms with Gasteiger partial charge in [-0.2, -0.15) is 4.98 Å². The van der Waals surface area contributed by atoms with Gasteiger partial charge in [-0.25, -0.2) is 0 Å². The van der Waals surface area contributed by atoms with Gasteiger partial charge in [-0.15, -0.1) is 0 Å². The van der Waals surface area contributed by atoms with E-state index < -0.39 is 6.17 Å². The van der Waals surface area contributed by atoms with Crippen LogP contribution in [0.4, 0.5) is 6.01 Å². The molecule has 0 bridgehead atoms. The molecule has 0 amide bonds. The standard InChI is InChI=1S/C17H15N3O4/c21-20(22)16-11-23-9-8-19(16)17-18-14-10-13(6-7-15(14)24-17)12-4-2-1-3-5-12/h1-7,10,16H,8-9,11H2. The first-order valence-electron chi connectivity index (χ1n) is 7.66. The monoisotopic (exact) mass is 325 g/mol. The molecule has 1 saturated heterocycles. The predicted molar refractivity (Wildman–Crippen MR) is 88.4 cm³/mol. The maximum absolute atomic E-state index is 11.2. The summed E-state index contributed by atoms with van der Waals surface area (Å²) in [6.07, 6.45) is -0.972. The average molecular weight is 325 g/mol. The molecule has 0 N–H and O–H groups in total. The maximum Gasteiger partial charge on any atom is 0.313 e. The fourth-order valence-corrected chi connectivity index (χ4v) is 2.84. The van der Waals surface area contributed by atoms with Crippen molar-refractivity contribution >= 4 is 17.1 Å². The molecule has 0 spiro atoms. The minimum absolute atomic E-state index is 0.0288. The van der Waals surface area contributed by atoms with E-state index in [1.54, 1.807) is 4.90 Å². The minimum Gasteiger partial charge on any atom is -0.423 e. The Balaban J connectivity index is 1.72. The van der Waals surface area contributed by atoms with Gasteiger partial charge < -0.3 is 9.15 Å². The van der Waals surface area contributed by atoms with E-state index in [0.717, 1.165) is 11.1 Å². The molecular weight excluding hydrogens is 310 g/mol. The summed E-state index contributed by atoms with van der Waals surface area (Å²) in [5.41, 5.74) is 3.40. The summed E-state index contributed by atoms with van der Waals surface area (Å²) in [4.78, 5) is 16.8. The van der Waals surface area contributed by atoms with E-state index in [-0.39, 0.29) is 17.5 Å². The third-order valence-electron chi connectivity index (χ3n) is 4.08. The zero-order valence-electron chi connectivity index (χ0n) is 12.8. The Morgan fingerprint density at radius 2 is 2.00 bits per heavy atom. The normalized spacial score (nSPS) is 18.0. The molecule has 1 aromatic heterocycles. The number of hydrogen-bond donors (Lipinski definition) is 0. The van der Waals surface area contributed by atoms with Gasteiger partial charge in [0.15, 0.2) is 5.58 Å². The fourth-order valence-electron chi connectivity index (χ4n) is 2.84. The van der Waals surface area contributed by atoms with E-state index in [1.165, 1.54) is 0 Å². The Labute approximate surface area is 137 Å². The highest BCUT2D eigenvalue weighted by atomic mass is 16.6. The van der Waals surface area contributed by atoms with Crippen LogP contribution in [0.15, 0.2) is 52.9 Å². The molecule has 122 valence electrons. The van der Waals surface area contributed by atoms with Crippen molar-refractivity contribution in [1.82, 2.24) is 4.98 Å². The van der Waals surface area contributed by atoms with Crippen LogP contribution >= 0.6 is 0 Å². The van der Waals surface area contributed by atoms with Crippen molar-refractivity contribution in [1.29, 1.82) is 0 Å². The molecule has 1 unspecified atom stereocenters. The van der Waals surface area contributed by atoms with Crippen LogP contribution in [-0.4, -0.2) is 35.8 Å². The van der Waals surface area contributed by atoms with Crippen LogP contribution in [0, 0.1) is 10.1 Å². The maximum atomic E-state index is 11.2. The van der Waals surface area contributed by atoms with Crippen LogP contribution in [0.2, 0.25) is 0 Å². The lowest BCUT2D eigenvalue weighted by Gasteiger charge is -2.27. The van der Waals surface area contributed by atoms with Crippen molar-refractivity contribution in [3.63, 3.8) is 0 Å². The minimum atomic E-state index is -0.972. The molecule has 7 heteroatoms. The zero-order chi connectivity index (χ0) is 16.5. The number of rotatable bonds is 3. The Bertz CT molecular complexity index is 878. The number of benzene rings is 2. The van der Waals surface area contributed by atoms with Gasteiger partial charge in [0, 0.05) is 4.92 Å². The van der Waals surface area contributed by atoms with E-state index >= 15 is 0 Å². The molecule has 1 atom stereocenters. The molecule has 2 heterocycles. The molecule has 3 aromatic rings. The number of nitro groups is 1. The van der Waals surface area contributed by atoms with Gasteiger partial charge in [0.2, 0.25) is 0 Å². The van der Waals surface area contributed by atoms with Gasteiger partial charge in [0.05, 0.1) is 13.2 Å². The second kappa shape index (κ2) is 5.93. The Hall–Kier alpha value is -2.93. The zero-order valence-corrected chi connectivity index (χ0v) is 12.8. The van der Waals surface area contributed by atoms with Crippen molar-refractivity contribution in [2.75, 3.05) is 24.7 Å². The predicted octanol–water partition coefficient (Wildman–Crippen LogP) is 2.93. The average Bonchev–Trinajstić information content (AvgIpc) is 3.05. The topological polar surface area (TPSA) is 81.6 Å². The van der Waals surface area contributed by atoms with Crippen molar-refractivity contribution in [3.05, 3.63) is 58.6 Å². The van der Waals surface area contributed by atoms with Crippen LogP contribution in [-0.2, 0) is 4.74 Å². The van der Waals surface area contributed by atoms with Crippen LogP contribution in [0.25, 0.3) is 22.2 Å². The number of fused-ring (bicyclic) bond motifs is 1. The van der Waals surface area contributed by atoms with Crippen LogP contribution in [0.1, 0.15) is 0 Å². The number of aromatic nitrogens is 1. The lowest BCUT2D eigenvalue weighted by atomic mass is 10.1. The first-order valence-corrected chi connectivity index (χ1v) is 7.66. The van der Waals surface area contributed by atoms with E-state index in [4.69, 9.17) is 9.15 Å². The van der Waals surface area contributed by atoms with Gasteiger partial charge in [-0.1, -0.05) is 36.4 Å². The Morgan fingerprint density at radius 1 is 1.17 bits per heavy atom. The van der Waals surface area contributed by atoms with Crippen molar-refractivity contribution < 1.29 is 14.1 Å². The molecule has 2 aromatic carbocycles. The smallest absolute Gasteiger partial charge is 0.313 e. The van der Waals surface area contributed by atoms with Gasteiger partial charge in [0.25, 0.3) is 0 Å². The molecule has 7 nitrogen and oxygen atoms in total. The lowest BCUT2D eigenvalue weighted by Crippen LogP contribution is -2.50. The first kappa shape index (κ1) is 14.6.